The van der Waals surface area contributed by atoms with Crippen LogP contribution in [0.5, 0.6) is 0 Å². The van der Waals surface area contributed by atoms with Gasteiger partial charge < -0.3 is 18.6 Å². The molecule has 0 saturated heterocycles. The molecule has 0 aromatic heterocycles. The van der Waals surface area contributed by atoms with Gasteiger partial charge in [0.25, 0.3) is 0 Å². The molecule has 1 heterocycles. The fourth-order valence-electron chi connectivity index (χ4n) is 4.56. The van der Waals surface area contributed by atoms with E-state index in [4.69, 9.17) is 13.9 Å². The predicted octanol–water partition coefficient (Wildman–Crippen LogP) is 5.89. The summed E-state index contributed by atoms with van der Waals surface area (Å²) in [6, 6.07) is 0. The first-order chi connectivity index (χ1) is 16.8. The highest BCUT2D eigenvalue weighted by Gasteiger charge is 2.44. The molecular weight excluding hydrogens is 476 g/mol. The fourth-order valence-corrected chi connectivity index (χ4v) is 5.94. The molecule has 0 bridgehead atoms. The first kappa shape index (κ1) is 30.3. The van der Waals surface area contributed by atoms with Crippen LogP contribution in [0.3, 0.4) is 0 Å². The number of rotatable bonds is 7. The number of cyclic esters (lactones) is 1. The summed E-state index contributed by atoms with van der Waals surface area (Å²) in [4.78, 5) is 36.5. The summed E-state index contributed by atoms with van der Waals surface area (Å²) in [5.41, 5.74) is 0. The van der Waals surface area contributed by atoms with Crippen LogP contribution in [0.2, 0.25) is 18.1 Å². The van der Waals surface area contributed by atoms with E-state index < -0.39 is 26.4 Å². The van der Waals surface area contributed by atoms with Gasteiger partial charge in [-0.2, -0.15) is 0 Å². The molecule has 204 valence electrons. The Hall–Kier alpha value is -1.93. The van der Waals surface area contributed by atoms with Crippen LogP contribution in [0.15, 0.2) is 24.3 Å². The number of hydrogen-bond acceptors (Lipinski definition) is 7. The van der Waals surface area contributed by atoms with E-state index in [1.807, 2.05) is 6.92 Å². The van der Waals surface area contributed by atoms with Crippen molar-refractivity contribution in [3.05, 3.63) is 24.3 Å². The standard InChI is InChI=1S/C28H46O7Si/c1-20-12-9-8-10-13-21-18-22(35-36(6,7)28(2,3)4)19-23(21)24(16-17-27(31)33-20)34-26(30)15-11-14-25(29)32-5/h10,13,16-17,20-24H,8-9,11-12,14-15,18-19H2,1-7H3/b13-10+,17-16+/t20-,21+,22-,23+,24+/m0/s1. The smallest absolute Gasteiger partial charge is 0.330 e. The summed E-state index contributed by atoms with van der Waals surface area (Å²) in [6.45, 7) is 13.1. The van der Waals surface area contributed by atoms with Gasteiger partial charge in [0, 0.05) is 30.9 Å². The summed E-state index contributed by atoms with van der Waals surface area (Å²) >= 11 is 0. The summed E-state index contributed by atoms with van der Waals surface area (Å²) in [5, 5.41) is 0.0965. The summed E-state index contributed by atoms with van der Waals surface area (Å²) in [5.74, 6) is -1.01. The Kier molecular flexibility index (Phi) is 11.4. The van der Waals surface area contributed by atoms with Crippen LogP contribution in [0, 0.1) is 11.8 Å². The molecule has 0 radical (unpaired) electrons. The van der Waals surface area contributed by atoms with Gasteiger partial charge in [0.2, 0.25) is 0 Å². The van der Waals surface area contributed by atoms with Crippen molar-refractivity contribution in [2.75, 3.05) is 7.11 Å². The van der Waals surface area contributed by atoms with E-state index in [1.165, 1.54) is 13.2 Å². The third-order valence-electron chi connectivity index (χ3n) is 7.67. The Morgan fingerprint density at radius 3 is 2.47 bits per heavy atom. The molecule has 1 fully saturated rings. The SMILES string of the molecule is COC(=O)CCCC(=O)O[C@@H]1/C=C/C(=O)O[C@@H](C)CCC/C=C/[C@@H]2C[C@H](O[Si](C)(C)C(C)(C)C)C[C@H]21. The molecule has 0 aromatic rings. The minimum atomic E-state index is -1.97. The van der Waals surface area contributed by atoms with Crippen LogP contribution in [0.1, 0.15) is 79.1 Å². The average Bonchev–Trinajstić information content (AvgIpc) is 3.16. The van der Waals surface area contributed by atoms with Gasteiger partial charge in [-0.05, 0) is 75.6 Å². The first-order valence-electron chi connectivity index (χ1n) is 13.3. The molecule has 1 aliphatic carbocycles. The monoisotopic (exact) mass is 522 g/mol. The van der Waals surface area contributed by atoms with Gasteiger partial charge in [-0.3, -0.25) is 9.59 Å². The number of hydrogen-bond donors (Lipinski definition) is 0. The number of ether oxygens (including phenoxy) is 3. The van der Waals surface area contributed by atoms with Crippen LogP contribution in [-0.4, -0.2) is 51.6 Å². The minimum absolute atomic E-state index is 0.0113. The van der Waals surface area contributed by atoms with Gasteiger partial charge in [-0.15, -0.1) is 0 Å². The predicted molar refractivity (Wildman–Crippen MR) is 142 cm³/mol. The number of esters is 3. The van der Waals surface area contributed by atoms with Gasteiger partial charge in [-0.1, -0.05) is 32.9 Å². The fraction of sp³-hybridized carbons (Fsp3) is 0.750. The maximum atomic E-state index is 12.7. The van der Waals surface area contributed by atoms with Crippen LogP contribution in [0.25, 0.3) is 0 Å². The molecule has 0 aromatic carbocycles. The normalized spacial score (nSPS) is 29.5. The number of carbonyl (C=O) groups is 3. The molecule has 7 nitrogen and oxygen atoms in total. The lowest BCUT2D eigenvalue weighted by Gasteiger charge is -2.38. The lowest BCUT2D eigenvalue weighted by atomic mass is 9.89. The molecule has 0 spiro atoms. The van der Waals surface area contributed by atoms with Crippen molar-refractivity contribution in [2.24, 2.45) is 11.8 Å². The third kappa shape index (κ3) is 9.50. The van der Waals surface area contributed by atoms with Crippen molar-refractivity contribution >= 4 is 26.2 Å². The zero-order valence-corrected chi connectivity index (χ0v) is 24.2. The second kappa shape index (κ2) is 13.6. The summed E-state index contributed by atoms with van der Waals surface area (Å²) in [6.07, 6.45) is 11.7. The molecule has 8 heteroatoms. The Morgan fingerprint density at radius 2 is 1.81 bits per heavy atom. The van der Waals surface area contributed by atoms with E-state index in [0.717, 1.165) is 32.1 Å². The lowest BCUT2D eigenvalue weighted by molar-refractivity contribution is -0.150. The first-order valence-corrected chi connectivity index (χ1v) is 16.2. The Bertz CT molecular complexity index is 811. The van der Waals surface area contributed by atoms with Crippen LogP contribution in [0.4, 0.5) is 0 Å². The quantitative estimate of drug-likeness (QED) is 0.178. The number of carbonyl (C=O) groups excluding carboxylic acids is 3. The van der Waals surface area contributed by atoms with Gasteiger partial charge in [0.05, 0.1) is 13.2 Å². The molecule has 1 saturated carbocycles. The molecule has 1 aliphatic heterocycles. The van der Waals surface area contributed by atoms with E-state index in [2.05, 4.69) is 50.8 Å². The molecule has 0 unspecified atom stereocenters. The molecule has 2 rings (SSSR count). The van der Waals surface area contributed by atoms with Gasteiger partial charge >= 0.3 is 17.9 Å². The summed E-state index contributed by atoms with van der Waals surface area (Å²) < 4.78 is 22.8. The highest BCUT2D eigenvalue weighted by molar-refractivity contribution is 6.74. The van der Waals surface area contributed by atoms with Crippen molar-refractivity contribution in [2.45, 2.75) is 116 Å². The average molecular weight is 523 g/mol. The van der Waals surface area contributed by atoms with E-state index in [0.29, 0.717) is 6.42 Å². The minimum Gasteiger partial charge on any atom is -0.469 e. The van der Waals surface area contributed by atoms with Crippen molar-refractivity contribution < 1.29 is 33.0 Å². The van der Waals surface area contributed by atoms with Crippen molar-refractivity contribution in [1.82, 2.24) is 0 Å². The molecule has 0 N–H and O–H groups in total. The van der Waals surface area contributed by atoms with Gasteiger partial charge in [0.1, 0.15) is 6.10 Å². The maximum Gasteiger partial charge on any atom is 0.330 e. The topological polar surface area (TPSA) is 88.1 Å². The second-order valence-corrected chi connectivity index (χ2v) is 16.4. The molecule has 5 atom stereocenters. The van der Waals surface area contributed by atoms with Crippen LogP contribution < -0.4 is 0 Å². The number of methoxy groups -OCH3 is 1. The maximum absolute atomic E-state index is 12.7. The van der Waals surface area contributed by atoms with Crippen LogP contribution >= 0.6 is 0 Å². The highest BCUT2D eigenvalue weighted by Crippen LogP contribution is 2.44. The van der Waals surface area contributed by atoms with E-state index in [9.17, 15) is 14.4 Å². The van der Waals surface area contributed by atoms with E-state index in [-0.39, 0.29) is 47.9 Å². The Balaban J connectivity index is 2.25. The molecular formula is C28H46O7Si. The Labute approximate surface area is 218 Å². The van der Waals surface area contributed by atoms with Crippen molar-refractivity contribution in [1.29, 1.82) is 0 Å². The van der Waals surface area contributed by atoms with E-state index >= 15 is 0 Å². The summed E-state index contributed by atoms with van der Waals surface area (Å²) in [7, 11) is -0.647. The zero-order chi connectivity index (χ0) is 26.9. The lowest BCUT2D eigenvalue weighted by Crippen LogP contribution is -2.43. The third-order valence-corrected chi connectivity index (χ3v) is 12.2. The number of fused-ring (bicyclic) bond motifs is 1. The van der Waals surface area contributed by atoms with Gasteiger partial charge in [-0.25, -0.2) is 4.79 Å². The Morgan fingerprint density at radius 1 is 1.11 bits per heavy atom. The van der Waals surface area contributed by atoms with Crippen molar-refractivity contribution in [3.63, 3.8) is 0 Å². The molecule has 2 aliphatic rings. The van der Waals surface area contributed by atoms with Gasteiger partial charge in [0.15, 0.2) is 8.32 Å². The zero-order valence-electron chi connectivity index (χ0n) is 23.2. The molecule has 36 heavy (non-hydrogen) atoms. The van der Waals surface area contributed by atoms with Crippen molar-refractivity contribution in [3.8, 4) is 0 Å². The second-order valence-electron chi connectivity index (χ2n) is 11.6. The van der Waals surface area contributed by atoms with Crippen LogP contribution in [-0.2, 0) is 33.0 Å². The highest BCUT2D eigenvalue weighted by atomic mass is 28.4. The number of allylic oxidation sites excluding steroid dienone is 2. The largest absolute Gasteiger partial charge is 0.469 e. The molecule has 0 amide bonds. The van der Waals surface area contributed by atoms with E-state index in [1.54, 1.807) is 6.08 Å².